The first-order valence-electron chi connectivity index (χ1n) is 4.61. The van der Waals surface area contributed by atoms with Gasteiger partial charge in [-0.3, -0.25) is 10.5 Å². The van der Waals surface area contributed by atoms with Crippen molar-refractivity contribution in [1.82, 2.24) is 15.2 Å². The molecule has 0 bridgehead atoms. The predicted octanol–water partition coefficient (Wildman–Crippen LogP) is 1.27. The van der Waals surface area contributed by atoms with Crippen LogP contribution in [-0.2, 0) is 7.05 Å². The van der Waals surface area contributed by atoms with Crippen molar-refractivity contribution >= 4 is 28.8 Å². The first-order chi connectivity index (χ1) is 7.65. The van der Waals surface area contributed by atoms with E-state index in [1.165, 1.54) is 11.3 Å². The highest BCUT2D eigenvalue weighted by Crippen LogP contribution is 2.34. The molecule has 0 fully saturated rings. The smallest absolute Gasteiger partial charge is 0.126 e. The Balaban J connectivity index is 2.45. The van der Waals surface area contributed by atoms with Gasteiger partial charge in [-0.05, 0) is 11.4 Å². The van der Waals surface area contributed by atoms with Crippen LogP contribution in [0.2, 0.25) is 5.02 Å². The van der Waals surface area contributed by atoms with Crippen molar-refractivity contribution in [1.29, 1.82) is 0 Å². The molecule has 86 valence electrons. The summed E-state index contributed by atoms with van der Waals surface area (Å²) >= 11 is 7.60. The lowest BCUT2D eigenvalue weighted by atomic mass is 10.1. The van der Waals surface area contributed by atoms with Crippen molar-refractivity contribution in [3.8, 4) is 0 Å². The van der Waals surface area contributed by atoms with Gasteiger partial charge >= 0.3 is 0 Å². The topological polar surface area (TPSA) is 81.9 Å². The van der Waals surface area contributed by atoms with E-state index in [0.29, 0.717) is 10.8 Å². The van der Waals surface area contributed by atoms with E-state index >= 15 is 0 Å². The van der Waals surface area contributed by atoms with Gasteiger partial charge < -0.3 is 5.73 Å². The number of aryl methyl sites for hydroxylation is 1. The van der Waals surface area contributed by atoms with E-state index in [-0.39, 0.29) is 6.04 Å². The van der Waals surface area contributed by atoms with Crippen LogP contribution in [0.15, 0.2) is 17.6 Å². The van der Waals surface area contributed by atoms with Crippen molar-refractivity contribution in [3.63, 3.8) is 0 Å². The summed E-state index contributed by atoms with van der Waals surface area (Å²) in [6.45, 7) is 0. The van der Waals surface area contributed by atoms with Crippen molar-refractivity contribution in [2.75, 3.05) is 5.73 Å². The van der Waals surface area contributed by atoms with Crippen molar-refractivity contribution in [3.05, 3.63) is 33.1 Å². The fraction of sp³-hybridized carbons (Fsp3) is 0.222. The summed E-state index contributed by atoms with van der Waals surface area (Å²) < 4.78 is 1.60. The zero-order valence-electron chi connectivity index (χ0n) is 8.64. The van der Waals surface area contributed by atoms with Gasteiger partial charge in [0.05, 0.1) is 17.3 Å². The maximum Gasteiger partial charge on any atom is 0.126 e. The molecule has 0 amide bonds. The van der Waals surface area contributed by atoms with E-state index in [1.807, 2.05) is 11.4 Å². The molecule has 0 saturated heterocycles. The lowest BCUT2D eigenvalue weighted by molar-refractivity contribution is 0.648. The lowest BCUT2D eigenvalue weighted by Gasteiger charge is -2.14. The minimum atomic E-state index is -0.221. The van der Waals surface area contributed by atoms with E-state index in [2.05, 4.69) is 10.5 Å². The molecule has 2 rings (SSSR count). The molecular weight excluding hydrogens is 246 g/mol. The van der Waals surface area contributed by atoms with Gasteiger partial charge in [0, 0.05) is 17.5 Å². The summed E-state index contributed by atoms with van der Waals surface area (Å²) in [5.74, 6) is 6.12. The third-order valence-corrected chi connectivity index (χ3v) is 3.82. The van der Waals surface area contributed by atoms with E-state index in [1.54, 1.807) is 17.9 Å². The molecule has 0 aliphatic rings. The Kier molecular flexibility index (Phi) is 3.15. The van der Waals surface area contributed by atoms with E-state index in [4.69, 9.17) is 23.2 Å². The fourth-order valence-corrected chi connectivity index (χ4v) is 2.75. The molecule has 0 radical (unpaired) electrons. The average Bonchev–Trinajstić information content (AvgIpc) is 2.81. The minimum Gasteiger partial charge on any atom is -0.384 e. The number of nitrogens with zero attached hydrogens (tertiary/aromatic N) is 2. The van der Waals surface area contributed by atoms with Crippen LogP contribution < -0.4 is 17.0 Å². The number of nitrogen functional groups attached to an aromatic ring is 1. The highest BCUT2D eigenvalue weighted by molar-refractivity contribution is 7.10. The summed E-state index contributed by atoms with van der Waals surface area (Å²) in [4.78, 5) is 0.934. The van der Waals surface area contributed by atoms with Gasteiger partial charge in [0.25, 0.3) is 0 Å². The number of aromatic nitrogens is 2. The van der Waals surface area contributed by atoms with Crippen LogP contribution in [0.5, 0.6) is 0 Å². The van der Waals surface area contributed by atoms with Crippen LogP contribution in [0, 0.1) is 0 Å². The normalized spacial score (nSPS) is 12.9. The maximum absolute atomic E-state index is 6.07. The zero-order chi connectivity index (χ0) is 11.7. The van der Waals surface area contributed by atoms with Crippen LogP contribution in [0.4, 0.5) is 5.82 Å². The Morgan fingerprint density at radius 2 is 2.38 bits per heavy atom. The predicted molar refractivity (Wildman–Crippen MR) is 66.1 cm³/mol. The molecule has 0 saturated carbocycles. The lowest BCUT2D eigenvalue weighted by Crippen LogP contribution is -2.28. The van der Waals surface area contributed by atoms with Crippen LogP contribution >= 0.6 is 22.9 Å². The van der Waals surface area contributed by atoms with Crippen LogP contribution in [0.3, 0.4) is 0 Å². The third kappa shape index (κ3) is 1.80. The maximum atomic E-state index is 6.07. The molecule has 5 nitrogen and oxygen atoms in total. The molecule has 2 heterocycles. The molecule has 2 aromatic rings. The van der Waals surface area contributed by atoms with E-state index < -0.39 is 0 Å². The Morgan fingerprint density at radius 3 is 2.81 bits per heavy atom. The molecule has 0 aromatic carbocycles. The molecular formula is C9H12ClN5S. The van der Waals surface area contributed by atoms with Gasteiger partial charge in [0.1, 0.15) is 5.82 Å². The first kappa shape index (κ1) is 11.4. The highest BCUT2D eigenvalue weighted by atomic mass is 35.5. The number of halogens is 1. The van der Waals surface area contributed by atoms with Crippen LogP contribution in [0.1, 0.15) is 16.5 Å². The average molecular weight is 258 g/mol. The molecule has 0 spiro atoms. The zero-order valence-corrected chi connectivity index (χ0v) is 10.2. The molecule has 2 aromatic heterocycles. The number of rotatable bonds is 3. The SMILES string of the molecule is Cn1ncc(C(NN)c2sccc2Cl)c1N. The van der Waals surface area contributed by atoms with Gasteiger partial charge in [-0.2, -0.15) is 5.10 Å². The largest absolute Gasteiger partial charge is 0.384 e. The molecule has 0 aliphatic heterocycles. The number of hydrogen-bond donors (Lipinski definition) is 3. The molecule has 1 unspecified atom stereocenters. The Morgan fingerprint density at radius 1 is 1.62 bits per heavy atom. The second-order valence-electron chi connectivity index (χ2n) is 3.34. The van der Waals surface area contributed by atoms with Crippen molar-refractivity contribution < 1.29 is 0 Å². The monoisotopic (exact) mass is 257 g/mol. The number of nitrogens with one attached hydrogen (secondary N) is 1. The molecule has 16 heavy (non-hydrogen) atoms. The number of hydrazine groups is 1. The Hall–Kier alpha value is -1.08. The molecule has 7 heteroatoms. The van der Waals surface area contributed by atoms with E-state index in [9.17, 15) is 0 Å². The van der Waals surface area contributed by atoms with Crippen LogP contribution in [0.25, 0.3) is 0 Å². The van der Waals surface area contributed by atoms with Gasteiger partial charge in [0.15, 0.2) is 0 Å². The second kappa shape index (κ2) is 4.42. The standard InChI is InChI=1S/C9H12ClN5S/c1-15-9(11)5(4-13-15)7(14-12)8-6(10)2-3-16-8/h2-4,7,14H,11-12H2,1H3. The summed E-state index contributed by atoms with van der Waals surface area (Å²) in [6.07, 6.45) is 1.69. The summed E-state index contributed by atoms with van der Waals surface area (Å²) in [5.41, 5.74) is 9.44. The summed E-state index contributed by atoms with van der Waals surface area (Å²) in [7, 11) is 1.78. The van der Waals surface area contributed by atoms with Gasteiger partial charge in [-0.15, -0.1) is 11.3 Å². The number of anilines is 1. The van der Waals surface area contributed by atoms with Crippen LogP contribution in [-0.4, -0.2) is 9.78 Å². The molecule has 0 aliphatic carbocycles. The number of hydrogen-bond acceptors (Lipinski definition) is 5. The van der Waals surface area contributed by atoms with Gasteiger partial charge in [-0.1, -0.05) is 11.6 Å². The number of thiophene rings is 1. The highest BCUT2D eigenvalue weighted by Gasteiger charge is 2.21. The Bertz CT molecular complexity index is 492. The second-order valence-corrected chi connectivity index (χ2v) is 4.70. The summed E-state index contributed by atoms with van der Waals surface area (Å²) in [5, 5.41) is 6.67. The summed E-state index contributed by atoms with van der Waals surface area (Å²) in [6, 6.07) is 1.61. The molecule has 5 N–H and O–H groups in total. The first-order valence-corrected chi connectivity index (χ1v) is 5.87. The third-order valence-electron chi connectivity index (χ3n) is 2.40. The van der Waals surface area contributed by atoms with Crippen molar-refractivity contribution in [2.24, 2.45) is 12.9 Å². The minimum absolute atomic E-state index is 0.221. The van der Waals surface area contributed by atoms with E-state index in [0.717, 1.165) is 10.4 Å². The molecule has 1 atom stereocenters. The van der Waals surface area contributed by atoms with Gasteiger partial charge in [0.2, 0.25) is 0 Å². The quantitative estimate of drug-likeness (QED) is 0.571. The number of nitrogens with two attached hydrogens (primary N) is 2. The fourth-order valence-electron chi connectivity index (χ4n) is 1.50. The van der Waals surface area contributed by atoms with Gasteiger partial charge in [-0.25, -0.2) is 5.43 Å². The Labute approximate surface area is 102 Å². The van der Waals surface area contributed by atoms with Crippen molar-refractivity contribution in [2.45, 2.75) is 6.04 Å².